The van der Waals surface area contributed by atoms with Gasteiger partial charge in [-0.2, -0.15) is 0 Å². The van der Waals surface area contributed by atoms with Crippen LogP contribution in [0.25, 0.3) is 0 Å². The first-order valence-electron chi connectivity index (χ1n) is 4.06. The number of hydrogen-bond acceptors (Lipinski definition) is 3. The monoisotopic (exact) mass is 253 g/mol. The van der Waals surface area contributed by atoms with Gasteiger partial charge in [0.25, 0.3) is 5.91 Å². The van der Waals surface area contributed by atoms with Crippen LogP contribution in [0, 0.1) is 0 Å². The smallest absolute Gasteiger partial charge is 0.256 e. The lowest BCUT2D eigenvalue weighted by Gasteiger charge is -2.04. The van der Waals surface area contributed by atoms with E-state index in [0.717, 1.165) is 10.0 Å². The zero-order valence-electron chi connectivity index (χ0n) is 7.20. The molecule has 1 amide bonds. The predicted octanol–water partition coefficient (Wildman–Crippen LogP) is 0.935. The number of carbonyl (C=O) groups excluding carboxylic acids is 1. The second kappa shape index (κ2) is 3.42. The maximum absolute atomic E-state index is 11.4. The molecule has 1 aliphatic heterocycles. The summed E-state index contributed by atoms with van der Waals surface area (Å²) < 4.78 is 0.920. The van der Waals surface area contributed by atoms with Crippen LogP contribution >= 0.6 is 15.9 Å². The summed E-state index contributed by atoms with van der Waals surface area (Å²) in [6, 6.07) is 6.94. The highest BCUT2D eigenvalue weighted by atomic mass is 79.9. The quantitative estimate of drug-likeness (QED) is 0.782. The number of nitrogens with two attached hydrogens (primary N) is 1. The van der Waals surface area contributed by atoms with E-state index in [9.17, 15) is 4.79 Å². The first-order chi connectivity index (χ1) is 6.66. The number of nitrogens with zero attached hydrogens (tertiary/aromatic N) is 1. The number of carbonyl (C=O) groups is 1. The van der Waals surface area contributed by atoms with Crippen molar-refractivity contribution in [2.75, 3.05) is 0 Å². The highest BCUT2D eigenvalue weighted by Crippen LogP contribution is 2.23. The minimum absolute atomic E-state index is 0.180. The molecule has 0 fully saturated rings. The number of benzene rings is 1. The molecular formula is C9H8BrN3O. The van der Waals surface area contributed by atoms with Gasteiger partial charge in [-0.25, -0.2) is 4.99 Å². The van der Waals surface area contributed by atoms with E-state index in [2.05, 4.69) is 26.2 Å². The van der Waals surface area contributed by atoms with Crippen LogP contribution in [0.2, 0.25) is 0 Å². The molecule has 0 saturated carbocycles. The Kier molecular flexibility index (Phi) is 2.25. The van der Waals surface area contributed by atoms with E-state index in [4.69, 9.17) is 5.73 Å². The summed E-state index contributed by atoms with van der Waals surface area (Å²) in [7, 11) is 0. The molecule has 0 aliphatic carbocycles. The van der Waals surface area contributed by atoms with E-state index in [1.54, 1.807) is 0 Å². The van der Waals surface area contributed by atoms with E-state index < -0.39 is 6.04 Å². The average Bonchev–Trinajstić information content (AvgIpc) is 2.45. The molecular weight excluding hydrogens is 246 g/mol. The Balaban J connectivity index is 2.36. The zero-order chi connectivity index (χ0) is 10.1. The predicted molar refractivity (Wildman–Crippen MR) is 56.6 cm³/mol. The Bertz CT molecular complexity index is 416. The molecule has 14 heavy (non-hydrogen) atoms. The number of aliphatic imine (C=N–C) groups is 1. The van der Waals surface area contributed by atoms with E-state index >= 15 is 0 Å². The van der Waals surface area contributed by atoms with Crippen LogP contribution in [0.15, 0.2) is 33.7 Å². The fourth-order valence-corrected chi connectivity index (χ4v) is 1.74. The average molecular weight is 254 g/mol. The molecule has 0 bridgehead atoms. The third kappa shape index (κ3) is 1.63. The number of nitrogens with one attached hydrogen (secondary N) is 1. The minimum Gasteiger partial charge on any atom is -0.370 e. The Morgan fingerprint density at radius 3 is 2.86 bits per heavy atom. The van der Waals surface area contributed by atoms with Crippen LogP contribution in [-0.2, 0) is 4.79 Å². The number of amides is 1. The van der Waals surface area contributed by atoms with Crippen molar-refractivity contribution in [1.29, 1.82) is 0 Å². The van der Waals surface area contributed by atoms with Crippen molar-refractivity contribution in [3.05, 3.63) is 34.3 Å². The van der Waals surface area contributed by atoms with Crippen molar-refractivity contribution in [1.82, 2.24) is 5.32 Å². The molecule has 1 aromatic rings. The van der Waals surface area contributed by atoms with Gasteiger partial charge in [-0.1, -0.05) is 28.1 Å². The van der Waals surface area contributed by atoms with Crippen molar-refractivity contribution in [2.45, 2.75) is 6.04 Å². The normalized spacial score (nSPS) is 20.5. The minimum atomic E-state index is -0.507. The number of guanidine groups is 1. The molecule has 72 valence electrons. The van der Waals surface area contributed by atoms with Crippen LogP contribution in [0.1, 0.15) is 11.6 Å². The van der Waals surface area contributed by atoms with Crippen molar-refractivity contribution in [3.63, 3.8) is 0 Å². The number of hydrogen-bond donors (Lipinski definition) is 2. The highest BCUT2D eigenvalue weighted by Gasteiger charge is 2.26. The lowest BCUT2D eigenvalue weighted by Crippen LogP contribution is -2.31. The van der Waals surface area contributed by atoms with E-state index in [1.165, 1.54) is 0 Å². The summed E-state index contributed by atoms with van der Waals surface area (Å²) in [5.74, 6) is 0.000533. The van der Waals surface area contributed by atoms with Gasteiger partial charge < -0.3 is 5.73 Å². The van der Waals surface area contributed by atoms with Gasteiger partial charge in [0.1, 0.15) is 0 Å². The first-order valence-corrected chi connectivity index (χ1v) is 4.86. The third-order valence-electron chi connectivity index (χ3n) is 1.93. The zero-order valence-corrected chi connectivity index (χ0v) is 8.78. The Labute approximate surface area is 89.3 Å². The van der Waals surface area contributed by atoms with Gasteiger partial charge in [0.15, 0.2) is 12.0 Å². The fourth-order valence-electron chi connectivity index (χ4n) is 1.33. The second-order valence-corrected chi connectivity index (χ2v) is 3.88. The molecule has 1 aromatic carbocycles. The lowest BCUT2D eigenvalue weighted by atomic mass is 10.1. The second-order valence-electron chi connectivity index (χ2n) is 2.96. The molecule has 3 N–H and O–H groups in total. The van der Waals surface area contributed by atoms with Crippen molar-refractivity contribution in [3.8, 4) is 0 Å². The lowest BCUT2D eigenvalue weighted by molar-refractivity contribution is -0.120. The molecule has 1 atom stereocenters. The SMILES string of the molecule is NC1=N[C@H](c2cccc(Br)c2)C(=O)N1. The fraction of sp³-hybridized carbons (Fsp3) is 0.111. The highest BCUT2D eigenvalue weighted by molar-refractivity contribution is 9.10. The third-order valence-corrected chi connectivity index (χ3v) is 2.43. The molecule has 0 unspecified atom stereocenters. The Morgan fingerprint density at radius 2 is 2.29 bits per heavy atom. The van der Waals surface area contributed by atoms with Gasteiger partial charge in [0, 0.05) is 4.47 Å². The molecule has 5 heteroatoms. The molecule has 1 aliphatic rings. The van der Waals surface area contributed by atoms with Crippen LogP contribution in [0.5, 0.6) is 0 Å². The molecule has 1 heterocycles. The topological polar surface area (TPSA) is 67.5 Å². The van der Waals surface area contributed by atoms with Gasteiger partial charge in [0.05, 0.1) is 0 Å². The molecule has 0 saturated heterocycles. The summed E-state index contributed by atoms with van der Waals surface area (Å²) in [5, 5.41) is 2.46. The summed E-state index contributed by atoms with van der Waals surface area (Å²) in [6.07, 6.45) is 0. The standard InChI is InChI=1S/C9H8BrN3O/c10-6-3-1-2-5(4-6)7-8(14)13-9(11)12-7/h1-4,7H,(H3,11,12,13,14)/t7-/m1/s1. The number of rotatable bonds is 1. The van der Waals surface area contributed by atoms with Gasteiger partial charge in [0.2, 0.25) is 0 Å². The largest absolute Gasteiger partial charge is 0.370 e. The molecule has 4 nitrogen and oxygen atoms in total. The van der Waals surface area contributed by atoms with Crippen LogP contribution < -0.4 is 11.1 Å². The summed E-state index contributed by atoms with van der Waals surface area (Å²) in [6.45, 7) is 0. The van der Waals surface area contributed by atoms with Crippen LogP contribution in [0.3, 0.4) is 0 Å². The van der Waals surface area contributed by atoms with Gasteiger partial charge >= 0.3 is 0 Å². The molecule has 0 aromatic heterocycles. The van der Waals surface area contributed by atoms with Gasteiger partial charge in [-0.3, -0.25) is 10.1 Å². The van der Waals surface area contributed by atoms with E-state index in [1.807, 2.05) is 24.3 Å². The van der Waals surface area contributed by atoms with Crippen molar-refractivity contribution >= 4 is 27.8 Å². The van der Waals surface area contributed by atoms with Crippen LogP contribution in [-0.4, -0.2) is 11.9 Å². The van der Waals surface area contributed by atoms with Crippen molar-refractivity contribution < 1.29 is 4.79 Å². The van der Waals surface area contributed by atoms with E-state index in [-0.39, 0.29) is 11.9 Å². The van der Waals surface area contributed by atoms with Crippen LogP contribution in [0.4, 0.5) is 0 Å². The van der Waals surface area contributed by atoms with Gasteiger partial charge in [-0.05, 0) is 17.7 Å². The number of halogens is 1. The maximum Gasteiger partial charge on any atom is 0.256 e. The first kappa shape index (κ1) is 9.21. The van der Waals surface area contributed by atoms with Crippen molar-refractivity contribution in [2.24, 2.45) is 10.7 Å². The van der Waals surface area contributed by atoms with Gasteiger partial charge in [-0.15, -0.1) is 0 Å². The molecule has 2 rings (SSSR count). The summed E-state index contributed by atoms with van der Waals surface area (Å²) >= 11 is 3.33. The maximum atomic E-state index is 11.4. The summed E-state index contributed by atoms with van der Waals surface area (Å²) in [4.78, 5) is 15.4. The van der Waals surface area contributed by atoms with E-state index in [0.29, 0.717) is 0 Å². The Morgan fingerprint density at radius 1 is 1.50 bits per heavy atom. The summed E-state index contributed by atoms with van der Waals surface area (Å²) in [5.41, 5.74) is 6.23. The molecule has 0 radical (unpaired) electrons. The Hall–Kier alpha value is -1.36. The molecule has 0 spiro atoms.